The molecule has 12 amide bonds. The maximum atomic E-state index is 15.6. The number of hydrogen-bond acceptors (Lipinski definition) is 13. The van der Waals surface area contributed by atoms with E-state index >= 15 is 19.2 Å². The molecule has 3 heterocycles. The first kappa shape index (κ1) is 80.7. The first-order chi connectivity index (χ1) is 46.5. The fourth-order valence-corrected chi connectivity index (χ4v) is 14.2. The largest absolute Gasteiger partial charge is 0.417 e. The Bertz CT molecular complexity index is 3090. The number of carbonyl (C=O) groups is 12. The van der Waals surface area contributed by atoms with Crippen LogP contribution in [0.1, 0.15) is 147 Å². The summed E-state index contributed by atoms with van der Waals surface area (Å²) in [4.78, 5) is 186. The van der Waals surface area contributed by atoms with E-state index in [1.807, 2.05) is 0 Å². The minimum Gasteiger partial charge on any atom is -0.379 e. The second-order valence-electron chi connectivity index (χ2n) is 27.3. The third-order valence-corrected chi connectivity index (χ3v) is 20.5. The van der Waals surface area contributed by atoms with Crippen LogP contribution in [0.4, 0.5) is 26.3 Å². The number of rotatable bonds is 12. The van der Waals surface area contributed by atoms with Crippen molar-refractivity contribution in [1.29, 1.82) is 0 Å². The molecule has 2 saturated carbocycles. The molecule has 3 aliphatic heterocycles. The number of likely N-dealkylation sites (tertiary alicyclic amines) is 1. The summed E-state index contributed by atoms with van der Waals surface area (Å²) in [6.07, 6.45) is -7.01. The molecule has 1 spiro atoms. The van der Waals surface area contributed by atoms with Crippen molar-refractivity contribution < 1.29 is 88.6 Å². The number of benzene rings is 1. The molecular weight excluding hydrogens is 1330 g/mol. The molecule has 2 aliphatic carbocycles. The number of fused-ring (bicyclic) bond motifs is 1. The lowest BCUT2D eigenvalue weighted by molar-refractivity contribution is -0.163. The summed E-state index contributed by atoms with van der Waals surface area (Å²) in [7, 11) is 8.52. The Hall–Kier alpha value is -7.31. The molecule has 3 N–H and O–H groups in total. The summed E-state index contributed by atoms with van der Waals surface area (Å²) in [5, 5.41) is 7.44. The summed E-state index contributed by atoms with van der Waals surface area (Å²) in [5.41, 5.74) is -2.53. The van der Waals surface area contributed by atoms with Crippen molar-refractivity contribution in [3.8, 4) is 0 Å². The fourth-order valence-electron chi connectivity index (χ4n) is 13.9. The Balaban J connectivity index is 1.44. The zero-order valence-electron chi connectivity index (χ0n) is 58.5. The Kier molecular flexibility index (Phi) is 28.8. The van der Waals surface area contributed by atoms with Gasteiger partial charge >= 0.3 is 12.4 Å². The predicted molar refractivity (Wildman–Crippen MR) is 350 cm³/mol. The van der Waals surface area contributed by atoms with Gasteiger partial charge < -0.3 is 64.8 Å². The van der Waals surface area contributed by atoms with Gasteiger partial charge in [0.2, 0.25) is 70.9 Å². The highest BCUT2D eigenvalue weighted by Gasteiger charge is 2.52. The lowest BCUT2D eigenvalue weighted by atomic mass is 9.81. The zero-order chi connectivity index (χ0) is 73.6. The molecule has 5 aliphatic rings. The normalized spacial score (nSPS) is 26.0. The maximum Gasteiger partial charge on any atom is 0.417 e. The number of nitrogens with one attached hydrogen (secondary N) is 3. The van der Waals surface area contributed by atoms with Gasteiger partial charge in [-0.1, -0.05) is 77.0 Å². The number of halogens is 7. The number of amides is 12. The van der Waals surface area contributed by atoms with Crippen molar-refractivity contribution in [3.63, 3.8) is 0 Å². The molecule has 554 valence electrons. The van der Waals surface area contributed by atoms with Crippen LogP contribution in [-0.2, 0) is 74.9 Å². The lowest BCUT2D eigenvalue weighted by Crippen LogP contribution is -2.65. The van der Waals surface area contributed by atoms with Crippen LogP contribution in [0.15, 0.2) is 18.2 Å². The van der Waals surface area contributed by atoms with Crippen LogP contribution in [0.5, 0.6) is 0 Å². The van der Waals surface area contributed by atoms with E-state index in [0.29, 0.717) is 62.7 Å². The van der Waals surface area contributed by atoms with Gasteiger partial charge in [-0.15, -0.1) is 0 Å². The van der Waals surface area contributed by atoms with Crippen molar-refractivity contribution in [2.24, 2.45) is 11.8 Å². The Morgan fingerprint density at radius 3 is 1.87 bits per heavy atom. The second-order valence-corrected chi connectivity index (χ2v) is 27.8. The molecule has 0 bridgehead atoms. The van der Waals surface area contributed by atoms with E-state index in [-0.39, 0.29) is 76.8 Å². The van der Waals surface area contributed by atoms with Crippen molar-refractivity contribution in [3.05, 3.63) is 34.3 Å². The SMILES string of the molecule is CCCOC[C@H]1C(=O)N(C)CC(=O)N[C@@H](CCc2ccc(C(F)(F)F)c(Cl)c2)C(=O)N2CCCC2C(=O)NC2(CCCC2)C(=O)N(C)[C@@H](C2CCCCC2)C(=O)N(C)[C@H](C(=O)N2CCCC2)CC(=O)N(C)[C@@H](CC(F)(F)F)C(=O)N[C@@H]([C@@H](C)CC)C(=O)N(C)CC(=O)N(C)CC(=O)N1C. The first-order valence-electron chi connectivity index (χ1n) is 34.3. The Morgan fingerprint density at radius 1 is 0.657 bits per heavy atom. The topological polar surface area (TPSA) is 279 Å². The molecule has 25 nitrogen and oxygen atoms in total. The van der Waals surface area contributed by atoms with Crippen LogP contribution in [-0.4, -0.2) is 271 Å². The van der Waals surface area contributed by atoms with Gasteiger partial charge in [0.15, 0.2) is 0 Å². The van der Waals surface area contributed by atoms with E-state index in [2.05, 4.69) is 16.0 Å². The van der Waals surface area contributed by atoms with Gasteiger partial charge in [0.05, 0.1) is 49.7 Å². The summed E-state index contributed by atoms with van der Waals surface area (Å²) in [6, 6.07) is -8.13. The molecule has 8 atom stereocenters. The summed E-state index contributed by atoms with van der Waals surface area (Å²) in [5.74, 6) is -12.0. The van der Waals surface area contributed by atoms with Crippen LogP contribution in [0.3, 0.4) is 0 Å². The summed E-state index contributed by atoms with van der Waals surface area (Å²) in [6.45, 7) is 2.91. The lowest BCUT2D eigenvalue weighted by Gasteiger charge is -2.43. The molecular formula is C67H99ClF6N12O13. The molecule has 0 radical (unpaired) electrons. The number of alkyl halides is 6. The quantitative estimate of drug-likeness (QED) is 0.194. The minimum absolute atomic E-state index is 0.0286. The minimum atomic E-state index is -5.10. The number of ether oxygens (including phenoxy) is 1. The monoisotopic (exact) mass is 1430 g/mol. The van der Waals surface area contributed by atoms with Crippen LogP contribution >= 0.6 is 11.6 Å². The molecule has 99 heavy (non-hydrogen) atoms. The Morgan fingerprint density at radius 2 is 1.27 bits per heavy atom. The number of hydrogen-bond donors (Lipinski definition) is 3. The van der Waals surface area contributed by atoms with Gasteiger partial charge in [-0.25, -0.2) is 0 Å². The number of carbonyl (C=O) groups excluding carboxylic acids is 12. The maximum absolute atomic E-state index is 15.6. The van der Waals surface area contributed by atoms with Crippen molar-refractivity contribution >= 4 is 82.5 Å². The highest BCUT2D eigenvalue weighted by molar-refractivity contribution is 6.31. The van der Waals surface area contributed by atoms with Crippen LogP contribution in [0.2, 0.25) is 5.02 Å². The third-order valence-electron chi connectivity index (χ3n) is 20.2. The highest BCUT2D eigenvalue weighted by atomic mass is 35.5. The number of likely N-dealkylation sites (N-methyl/N-ethyl adjacent to an activating group) is 7. The Labute approximate surface area is 580 Å². The molecule has 1 unspecified atom stereocenters. The fraction of sp³-hybridized carbons (Fsp3) is 0.731. The standard InChI is InChI=1S/C67H99ClF6N12O13/c1-11-33-99-40-50-60(94)79(5)37-51(87)75-46(27-25-42-24-26-44(45(68)34-42)67(72,73)74)59(93)86-32-20-23-47(86)58(92)77-65(28-16-17-29-65)64(98)84(10)56(43-21-14-13-15-22-43)63(97)83(9)48(61(95)85-30-18-19-31-85)35-52(88)81(7)49(36-66(69,70)71)57(91)76-55(41(3)12-2)62(96)80(6)38-53(89)78(4)39-54(90)82(50)8/h24,26,34,41,43,46-50,55-56H,11-23,25,27-33,35-40H2,1-10H3,(H,75,87)(H,76,91)(H,77,92)/t41-,46-,47?,48-,49-,50-,55-,56-/m0/s1. The van der Waals surface area contributed by atoms with E-state index in [1.165, 1.54) is 70.0 Å². The third kappa shape index (κ3) is 20.7. The van der Waals surface area contributed by atoms with Crippen molar-refractivity contribution in [1.82, 2.24) is 60.0 Å². The van der Waals surface area contributed by atoms with Gasteiger partial charge in [0.25, 0.3) is 0 Å². The molecule has 3 saturated heterocycles. The van der Waals surface area contributed by atoms with Crippen LogP contribution in [0, 0.1) is 11.8 Å². The van der Waals surface area contributed by atoms with Gasteiger partial charge in [-0.2, -0.15) is 26.3 Å². The van der Waals surface area contributed by atoms with E-state index < -0.39 is 193 Å². The molecule has 1 aromatic carbocycles. The van der Waals surface area contributed by atoms with Crippen LogP contribution in [0.25, 0.3) is 0 Å². The van der Waals surface area contributed by atoms with E-state index in [0.717, 1.165) is 50.1 Å². The van der Waals surface area contributed by atoms with Gasteiger partial charge in [-0.3, -0.25) is 57.5 Å². The molecule has 0 aromatic heterocycles. The number of aryl methyl sites for hydroxylation is 1. The van der Waals surface area contributed by atoms with E-state index in [1.54, 1.807) is 13.8 Å². The molecule has 1 aromatic rings. The van der Waals surface area contributed by atoms with Gasteiger partial charge in [0, 0.05) is 75.6 Å². The second kappa shape index (κ2) is 35.3. The molecule has 5 fully saturated rings. The highest BCUT2D eigenvalue weighted by Crippen LogP contribution is 2.38. The van der Waals surface area contributed by atoms with Crippen molar-refractivity contribution in [2.75, 3.05) is 102 Å². The van der Waals surface area contributed by atoms with Gasteiger partial charge in [0.1, 0.15) is 47.8 Å². The number of nitrogens with zero attached hydrogens (tertiary/aromatic N) is 9. The van der Waals surface area contributed by atoms with Crippen molar-refractivity contribution in [2.45, 2.75) is 203 Å². The first-order valence-corrected chi connectivity index (χ1v) is 34.6. The smallest absolute Gasteiger partial charge is 0.379 e. The predicted octanol–water partition coefficient (Wildman–Crippen LogP) is 4.40. The van der Waals surface area contributed by atoms with Gasteiger partial charge in [-0.05, 0) is 100 Å². The average molecular weight is 1430 g/mol. The molecule has 6 rings (SSSR count). The van der Waals surface area contributed by atoms with E-state index in [9.17, 15) is 64.7 Å². The summed E-state index contributed by atoms with van der Waals surface area (Å²) >= 11 is 6.11. The molecule has 32 heteroatoms. The zero-order valence-corrected chi connectivity index (χ0v) is 59.3. The summed E-state index contributed by atoms with van der Waals surface area (Å²) < 4.78 is 91.4. The average Bonchev–Trinajstić information content (AvgIpc) is 1.75. The van der Waals surface area contributed by atoms with Crippen LogP contribution < -0.4 is 16.0 Å². The van der Waals surface area contributed by atoms with E-state index in [4.69, 9.17) is 16.3 Å².